The minimum atomic E-state index is -4.57. The molecule has 0 radical (unpaired) electrons. The van der Waals surface area contributed by atoms with Gasteiger partial charge in [0.2, 0.25) is 0 Å². The Morgan fingerprint density at radius 2 is 1.12 bits per heavy atom. The average Bonchev–Trinajstić information content (AvgIpc) is 3.17. The van der Waals surface area contributed by atoms with Crippen LogP contribution >= 0.6 is 11.6 Å². The quantitative estimate of drug-likeness (QED) is 0.0991. The summed E-state index contributed by atoms with van der Waals surface area (Å²) >= 11 is 5.99. The molecule has 0 saturated carbocycles. The van der Waals surface area contributed by atoms with Gasteiger partial charge in [-0.25, -0.2) is 21.2 Å². The zero-order valence-electron chi connectivity index (χ0n) is 30.4. The van der Waals surface area contributed by atoms with Gasteiger partial charge < -0.3 is 5.73 Å². The summed E-state index contributed by atoms with van der Waals surface area (Å²) in [5.41, 5.74) is 7.62. The number of Topliss-reactive ketones (excluding diaryl/α,β-unsaturated/α-hetero) is 1. The molecule has 2 aliphatic rings. The maximum atomic E-state index is 14.1. The van der Waals surface area contributed by atoms with Crippen LogP contribution in [0.15, 0.2) is 113 Å². The van der Waals surface area contributed by atoms with E-state index in [0.29, 0.717) is 54.5 Å². The number of carbonyl (C=O) groups is 1. The first-order valence-electron chi connectivity index (χ1n) is 18.0. The van der Waals surface area contributed by atoms with E-state index >= 15 is 0 Å². The van der Waals surface area contributed by atoms with E-state index < -0.39 is 65.3 Å². The molecule has 2 atom stereocenters. The van der Waals surface area contributed by atoms with Crippen LogP contribution < -0.4 is 5.73 Å². The molecular weight excluding hydrogens is 831 g/mol. The second-order valence-electron chi connectivity index (χ2n) is 14.1. The zero-order chi connectivity index (χ0) is 42.2. The van der Waals surface area contributed by atoms with Crippen molar-refractivity contribution in [3.05, 3.63) is 158 Å². The average molecular weight is 866 g/mol. The fourth-order valence-corrected chi connectivity index (χ4v) is 11.4. The number of alkyl halides is 6. The lowest BCUT2D eigenvalue weighted by molar-refractivity contribution is -0.138. The molecule has 2 N–H and O–H groups in total. The minimum Gasteiger partial charge on any atom is -0.399 e. The molecule has 7 rings (SSSR count). The summed E-state index contributed by atoms with van der Waals surface area (Å²) in [6.45, 7) is 0. The SMILES string of the molecule is Nc1ccc2c(c1)C(S(=O)(=O)c1ccc(C(F)(F)F)cc1)CCC2.O=C(Cc1ccc2c(c1)C(S(=O)(=O)c1ccc(C(F)(F)F)cc1)CCC2)c1c(F)cccc1Cl. The van der Waals surface area contributed by atoms with Crippen LogP contribution in [-0.2, 0) is 51.3 Å². The van der Waals surface area contributed by atoms with Gasteiger partial charge in [-0.05, 0) is 139 Å². The number of fused-ring (bicyclic) bond motifs is 2. The smallest absolute Gasteiger partial charge is 0.399 e. The van der Waals surface area contributed by atoms with Crippen LogP contribution in [0.25, 0.3) is 0 Å². The maximum absolute atomic E-state index is 14.1. The number of aryl methyl sites for hydroxylation is 2. The number of nitrogen functional groups attached to an aromatic ring is 1. The molecule has 2 unspecified atom stereocenters. The number of halogens is 8. The largest absolute Gasteiger partial charge is 0.416 e. The molecular formula is C42H35ClF7NO5S2. The van der Waals surface area contributed by atoms with Crippen molar-refractivity contribution in [2.45, 2.75) is 77.6 Å². The number of benzene rings is 5. The predicted molar refractivity (Wildman–Crippen MR) is 205 cm³/mol. The van der Waals surface area contributed by atoms with Gasteiger partial charge in [-0.1, -0.05) is 41.9 Å². The Morgan fingerprint density at radius 3 is 1.59 bits per heavy atom. The number of nitrogens with two attached hydrogens (primary N) is 1. The number of carbonyl (C=O) groups excluding carboxylic acids is 1. The van der Waals surface area contributed by atoms with E-state index in [2.05, 4.69) is 0 Å². The third-order valence-electron chi connectivity index (χ3n) is 10.3. The van der Waals surface area contributed by atoms with E-state index in [0.717, 1.165) is 72.1 Å². The van der Waals surface area contributed by atoms with Gasteiger partial charge in [0.05, 0.1) is 42.0 Å². The summed E-state index contributed by atoms with van der Waals surface area (Å²) in [6, 6.07) is 21.3. The lowest BCUT2D eigenvalue weighted by Gasteiger charge is -2.26. The highest BCUT2D eigenvalue weighted by Gasteiger charge is 2.37. The van der Waals surface area contributed by atoms with Gasteiger partial charge in [-0.2, -0.15) is 26.3 Å². The van der Waals surface area contributed by atoms with E-state index in [4.69, 9.17) is 17.3 Å². The molecule has 306 valence electrons. The summed E-state index contributed by atoms with van der Waals surface area (Å²) in [6.07, 6.45) is -5.79. The lowest BCUT2D eigenvalue weighted by Crippen LogP contribution is -2.20. The zero-order valence-corrected chi connectivity index (χ0v) is 32.8. The summed E-state index contributed by atoms with van der Waals surface area (Å²) in [7, 11) is -7.76. The number of rotatable bonds is 7. The van der Waals surface area contributed by atoms with Crippen molar-refractivity contribution in [1.82, 2.24) is 0 Å². The Balaban J connectivity index is 0.000000208. The van der Waals surface area contributed by atoms with Crippen molar-refractivity contribution < 1.29 is 52.4 Å². The molecule has 16 heteroatoms. The minimum absolute atomic E-state index is 0.00859. The monoisotopic (exact) mass is 865 g/mol. The van der Waals surface area contributed by atoms with E-state index in [1.54, 1.807) is 30.3 Å². The summed E-state index contributed by atoms with van der Waals surface area (Å²) in [4.78, 5) is 12.4. The molecule has 0 saturated heterocycles. The van der Waals surface area contributed by atoms with Crippen molar-refractivity contribution in [2.24, 2.45) is 0 Å². The second-order valence-corrected chi connectivity index (χ2v) is 18.8. The van der Waals surface area contributed by atoms with Gasteiger partial charge in [-0.15, -0.1) is 0 Å². The molecule has 6 nitrogen and oxygen atoms in total. The number of hydrogen-bond donors (Lipinski definition) is 1. The number of hydrogen-bond acceptors (Lipinski definition) is 6. The Morgan fingerprint density at radius 1 is 0.655 bits per heavy atom. The van der Waals surface area contributed by atoms with Crippen molar-refractivity contribution in [2.75, 3.05) is 5.73 Å². The van der Waals surface area contributed by atoms with Gasteiger partial charge >= 0.3 is 12.4 Å². The number of anilines is 1. The van der Waals surface area contributed by atoms with E-state index in [-0.39, 0.29) is 26.8 Å². The standard InChI is InChI=1S/C25H19ClF4O3S.C17H16F3NO2S/c26-20-4-2-5-21(27)24(20)22(31)14-15-7-8-16-3-1-6-23(19(16)13-15)34(32,33)18-11-9-17(10-12-18)25(28,29)30;18-17(19,20)12-5-8-14(9-6-12)24(22,23)16-3-1-2-11-4-7-13(21)10-15(11)16/h2,4-5,7-13,23H,1,3,6,14H2;4-10,16H,1-3,21H2. The highest BCUT2D eigenvalue weighted by Crippen LogP contribution is 2.42. The molecule has 0 spiro atoms. The first kappa shape index (κ1) is 42.9. The van der Waals surface area contributed by atoms with Gasteiger partial charge in [0, 0.05) is 12.1 Å². The Kier molecular flexibility index (Phi) is 12.2. The van der Waals surface area contributed by atoms with E-state index in [1.807, 2.05) is 6.07 Å². The van der Waals surface area contributed by atoms with Gasteiger partial charge in [0.15, 0.2) is 25.5 Å². The van der Waals surface area contributed by atoms with E-state index in [1.165, 1.54) is 12.1 Å². The van der Waals surface area contributed by atoms with Crippen molar-refractivity contribution >= 4 is 42.7 Å². The molecule has 0 bridgehead atoms. The van der Waals surface area contributed by atoms with Crippen LogP contribution in [0, 0.1) is 5.82 Å². The van der Waals surface area contributed by atoms with Gasteiger partial charge in [0.1, 0.15) is 5.82 Å². The van der Waals surface area contributed by atoms with Crippen molar-refractivity contribution in [1.29, 1.82) is 0 Å². The van der Waals surface area contributed by atoms with Crippen LogP contribution in [-0.4, -0.2) is 22.6 Å². The third kappa shape index (κ3) is 9.11. The molecule has 0 aromatic heterocycles. The molecule has 2 aliphatic carbocycles. The topological polar surface area (TPSA) is 111 Å². The third-order valence-corrected chi connectivity index (χ3v) is 14.9. The van der Waals surface area contributed by atoms with Crippen molar-refractivity contribution in [3.8, 4) is 0 Å². The highest BCUT2D eigenvalue weighted by atomic mass is 35.5. The number of ketones is 1. The van der Waals surface area contributed by atoms with E-state index in [9.17, 15) is 52.4 Å². The first-order valence-corrected chi connectivity index (χ1v) is 21.4. The second kappa shape index (κ2) is 16.5. The predicted octanol–water partition coefficient (Wildman–Crippen LogP) is 10.9. The lowest BCUT2D eigenvalue weighted by atomic mass is 9.89. The van der Waals surface area contributed by atoms with Crippen LogP contribution in [0.1, 0.15) is 85.5 Å². The van der Waals surface area contributed by atoms with Crippen LogP contribution in [0.3, 0.4) is 0 Å². The van der Waals surface area contributed by atoms with Crippen LogP contribution in [0.4, 0.5) is 36.4 Å². The molecule has 5 aromatic carbocycles. The van der Waals surface area contributed by atoms with Gasteiger partial charge in [0.25, 0.3) is 0 Å². The van der Waals surface area contributed by atoms with Crippen molar-refractivity contribution in [3.63, 3.8) is 0 Å². The fourth-order valence-electron chi connectivity index (χ4n) is 7.37. The highest BCUT2D eigenvalue weighted by molar-refractivity contribution is 7.92. The summed E-state index contributed by atoms with van der Waals surface area (Å²) in [5.74, 6) is -1.28. The Hall–Kier alpha value is -4.73. The fraction of sp³-hybridized carbons (Fsp3) is 0.262. The summed E-state index contributed by atoms with van der Waals surface area (Å²) < 4.78 is 143. The number of sulfone groups is 2. The summed E-state index contributed by atoms with van der Waals surface area (Å²) in [5, 5.41) is -1.74. The normalized spacial score (nSPS) is 17.0. The Bertz CT molecular complexity index is 2540. The molecule has 58 heavy (non-hydrogen) atoms. The molecule has 0 amide bonds. The molecule has 0 heterocycles. The maximum Gasteiger partial charge on any atom is 0.416 e. The Labute approximate surface area is 335 Å². The molecule has 5 aromatic rings. The van der Waals surface area contributed by atoms with Crippen LogP contribution in [0.2, 0.25) is 5.02 Å². The first-order chi connectivity index (χ1) is 27.2. The van der Waals surface area contributed by atoms with Gasteiger partial charge in [-0.3, -0.25) is 4.79 Å². The molecule has 0 fully saturated rings. The molecule has 0 aliphatic heterocycles. The van der Waals surface area contributed by atoms with Crippen LogP contribution in [0.5, 0.6) is 0 Å².